The SMILES string of the molecule is CC(C)c1ccc(OCc2nnc(SC3CCCCNC3=O)n2N)cc1. The molecule has 1 amide bonds. The minimum Gasteiger partial charge on any atom is -0.486 e. The van der Waals surface area contributed by atoms with Crippen molar-refractivity contribution in [2.75, 3.05) is 12.4 Å². The smallest absolute Gasteiger partial charge is 0.233 e. The second kappa shape index (κ2) is 8.44. The maximum atomic E-state index is 12.1. The lowest BCUT2D eigenvalue weighted by atomic mass is 10.0. The molecule has 2 heterocycles. The van der Waals surface area contributed by atoms with E-state index in [4.69, 9.17) is 10.6 Å². The van der Waals surface area contributed by atoms with Crippen molar-refractivity contribution in [1.29, 1.82) is 0 Å². The zero-order chi connectivity index (χ0) is 18.5. The molecule has 1 aliphatic heterocycles. The molecule has 0 aliphatic carbocycles. The summed E-state index contributed by atoms with van der Waals surface area (Å²) in [7, 11) is 0. The first kappa shape index (κ1) is 18.6. The van der Waals surface area contributed by atoms with Crippen LogP contribution in [0.1, 0.15) is 50.4 Å². The van der Waals surface area contributed by atoms with Gasteiger partial charge in [-0.15, -0.1) is 10.2 Å². The number of hydrogen-bond donors (Lipinski definition) is 2. The third-order valence-electron chi connectivity index (χ3n) is 4.38. The molecular formula is C18H25N5O2S. The summed E-state index contributed by atoms with van der Waals surface area (Å²) < 4.78 is 7.17. The van der Waals surface area contributed by atoms with Gasteiger partial charge in [0.2, 0.25) is 11.1 Å². The zero-order valence-electron chi connectivity index (χ0n) is 15.1. The molecule has 1 unspecified atom stereocenters. The van der Waals surface area contributed by atoms with E-state index in [9.17, 15) is 4.79 Å². The van der Waals surface area contributed by atoms with Gasteiger partial charge in [0.05, 0.1) is 5.25 Å². The summed E-state index contributed by atoms with van der Waals surface area (Å²) in [5.41, 5.74) is 1.26. The highest BCUT2D eigenvalue weighted by molar-refractivity contribution is 8.00. The molecule has 26 heavy (non-hydrogen) atoms. The maximum Gasteiger partial charge on any atom is 0.233 e. The minimum absolute atomic E-state index is 0.0403. The van der Waals surface area contributed by atoms with Gasteiger partial charge in [0, 0.05) is 6.54 Å². The van der Waals surface area contributed by atoms with Crippen molar-refractivity contribution in [2.45, 2.75) is 56.0 Å². The topological polar surface area (TPSA) is 95.1 Å². The van der Waals surface area contributed by atoms with Crippen LogP contribution in [0.2, 0.25) is 0 Å². The van der Waals surface area contributed by atoms with Crippen LogP contribution in [0.5, 0.6) is 5.75 Å². The van der Waals surface area contributed by atoms with Gasteiger partial charge in [-0.05, 0) is 36.5 Å². The number of rotatable bonds is 6. The van der Waals surface area contributed by atoms with Crippen molar-refractivity contribution in [2.24, 2.45) is 0 Å². The van der Waals surface area contributed by atoms with E-state index in [1.807, 2.05) is 12.1 Å². The Bertz CT molecular complexity index is 745. The molecule has 0 radical (unpaired) electrons. The first-order valence-corrected chi connectivity index (χ1v) is 9.79. The number of carbonyl (C=O) groups excluding carboxylic acids is 1. The van der Waals surface area contributed by atoms with E-state index >= 15 is 0 Å². The predicted molar refractivity (Wildman–Crippen MR) is 102 cm³/mol. The molecule has 7 nitrogen and oxygen atoms in total. The van der Waals surface area contributed by atoms with Crippen LogP contribution in [0.15, 0.2) is 29.4 Å². The average Bonchev–Trinajstić information content (AvgIpc) is 2.84. The minimum atomic E-state index is -0.179. The summed E-state index contributed by atoms with van der Waals surface area (Å²) >= 11 is 1.36. The lowest BCUT2D eigenvalue weighted by Gasteiger charge is -2.12. The van der Waals surface area contributed by atoms with Gasteiger partial charge < -0.3 is 15.9 Å². The number of thioether (sulfide) groups is 1. The lowest BCUT2D eigenvalue weighted by Crippen LogP contribution is -2.31. The van der Waals surface area contributed by atoms with Gasteiger partial charge in [-0.1, -0.05) is 44.2 Å². The molecule has 0 saturated carbocycles. The normalized spacial score (nSPS) is 17.8. The summed E-state index contributed by atoms with van der Waals surface area (Å²) in [6, 6.07) is 7.99. The predicted octanol–water partition coefficient (Wildman–Crippen LogP) is 2.46. The van der Waals surface area contributed by atoms with E-state index in [2.05, 4.69) is 41.5 Å². The molecule has 2 aromatic rings. The third kappa shape index (κ3) is 4.49. The maximum absolute atomic E-state index is 12.1. The molecule has 0 bridgehead atoms. The summed E-state index contributed by atoms with van der Waals surface area (Å²) in [5.74, 6) is 7.90. The highest BCUT2D eigenvalue weighted by Crippen LogP contribution is 2.26. The van der Waals surface area contributed by atoms with Gasteiger partial charge >= 0.3 is 0 Å². The van der Waals surface area contributed by atoms with Crippen molar-refractivity contribution in [3.05, 3.63) is 35.7 Å². The van der Waals surface area contributed by atoms with Crippen LogP contribution in [0.3, 0.4) is 0 Å². The van der Waals surface area contributed by atoms with Crippen LogP contribution in [0.25, 0.3) is 0 Å². The van der Waals surface area contributed by atoms with Crippen LogP contribution in [0.4, 0.5) is 0 Å². The van der Waals surface area contributed by atoms with Crippen LogP contribution in [0, 0.1) is 0 Å². The van der Waals surface area contributed by atoms with Crippen LogP contribution >= 0.6 is 11.8 Å². The molecule has 3 rings (SSSR count). The number of amides is 1. The fourth-order valence-corrected chi connectivity index (χ4v) is 3.77. The Morgan fingerprint density at radius 2 is 2.08 bits per heavy atom. The van der Waals surface area contributed by atoms with E-state index in [-0.39, 0.29) is 17.8 Å². The summed E-state index contributed by atoms with van der Waals surface area (Å²) in [6.45, 7) is 5.27. The van der Waals surface area contributed by atoms with Gasteiger partial charge in [0.25, 0.3) is 0 Å². The Hall–Kier alpha value is -2.22. The number of carbonyl (C=O) groups is 1. The van der Waals surface area contributed by atoms with Gasteiger partial charge in [0.1, 0.15) is 12.4 Å². The molecule has 3 N–H and O–H groups in total. The number of nitrogens with two attached hydrogens (primary N) is 1. The number of nitrogens with zero attached hydrogens (tertiary/aromatic N) is 3. The van der Waals surface area contributed by atoms with Gasteiger partial charge in [-0.25, -0.2) is 4.68 Å². The van der Waals surface area contributed by atoms with Crippen molar-refractivity contribution in [3.8, 4) is 5.75 Å². The Labute approximate surface area is 157 Å². The average molecular weight is 375 g/mol. The highest BCUT2D eigenvalue weighted by atomic mass is 32.2. The van der Waals surface area contributed by atoms with Crippen LogP contribution in [-0.2, 0) is 11.4 Å². The standard InChI is InChI=1S/C18H25N5O2S/c1-12(2)13-6-8-14(9-7-13)25-11-16-21-22-18(23(16)19)26-15-5-3-4-10-20-17(15)24/h6-9,12,15H,3-5,10-11,19H2,1-2H3,(H,20,24). The molecular weight excluding hydrogens is 350 g/mol. The van der Waals surface area contributed by atoms with Crippen molar-refractivity contribution >= 4 is 17.7 Å². The van der Waals surface area contributed by atoms with E-state index in [1.165, 1.54) is 22.0 Å². The number of hydrogen-bond acceptors (Lipinski definition) is 6. The van der Waals surface area contributed by atoms with Crippen molar-refractivity contribution < 1.29 is 9.53 Å². The Morgan fingerprint density at radius 1 is 1.31 bits per heavy atom. The molecule has 1 aromatic heterocycles. The summed E-state index contributed by atoms with van der Waals surface area (Å²) in [4.78, 5) is 12.1. The van der Waals surface area contributed by atoms with Gasteiger partial charge in [-0.2, -0.15) is 0 Å². The highest BCUT2D eigenvalue weighted by Gasteiger charge is 2.24. The summed E-state index contributed by atoms with van der Waals surface area (Å²) in [5, 5.41) is 11.5. The fourth-order valence-electron chi connectivity index (χ4n) is 2.73. The Morgan fingerprint density at radius 3 is 2.81 bits per heavy atom. The second-order valence-corrected chi connectivity index (χ2v) is 7.84. The van der Waals surface area contributed by atoms with E-state index in [1.54, 1.807) is 0 Å². The van der Waals surface area contributed by atoms with Crippen LogP contribution in [-0.4, -0.2) is 32.6 Å². The number of nitrogen functional groups attached to an aromatic ring is 1. The first-order chi connectivity index (χ1) is 12.5. The van der Waals surface area contributed by atoms with Crippen LogP contribution < -0.4 is 15.9 Å². The van der Waals surface area contributed by atoms with Crippen molar-refractivity contribution in [3.63, 3.8) is 0 Å². The number of aromatic nitrogens is 3. The van der Waals surface area contributed by atoms with E-state index in [0.29, 0.717) is 16.9 Å². The molecule has 0 spiro atoms. The Kier molecular flexibility index (Phi) is 6.03. The zero-order valence-corrected chi connectivity index (χ0v) is 16.0. The third-order valence-corrected chi connectivity index (χ3v) is 5.61. The monoisotopic (exact) mass is 375 g/mol. The first-order valence-electron chi connectivity index (χ1n) is 8.91. The quantitative estimate of drug-likeness (QED) is 0.753. The largest absolute Gasteiger partial charge is 0.486 e. The Balaban J connectivity index is 1.60. The second-order valence-electron chi connectivity index (χ2n) is 6.67. The molecule has 1 saturated heterocycles. The molecule has 1 fully saturated rings. The molecule has 1 atom stereocenters. The van der Waals surface area contributed by atoms with E-state index < -0.39 is 0 Å². The van der Waals surface area contributed by atoms with Gasteiger partial charge in [0.15, 0.2) is 5.82 Å². The molecule has 1 aliphatic rings. The number of benzene rings is 1. The fraction of sp³-hybridized carbons (Fsp3) is 0.500. The molecule has 1 aromatic carbocycles. The molecule has 140 valence electrons. The van der Waals surface area contributed by atoms with Crippen molar-refractivity contribution in [1.82, 2.24) is 20.2 Å². The molecule has 8 heteroatoms. The van der Waals surface area contributed by atoms with E-state index in [0.717, 1.165) is 31.6 Å². The lowest BCUT2D eigenvalue weighted by molar-refractivity contribution is -0.120. The van der Waals surface area contributed by atoms with Gasteiger partial charge in [-0.3, -0.25) is 4.79 Å². The number of ether oxygens (including phenoxy) is 1. The number of nitrogens with one attached hydrogen (secondary N) is 1. The summed E-state index contributed by atoms with van der Waals surface area (Å²) in [6.07, 6.45) is 2.83.